The number of benzene rings is 1. The third-order valence-corrected chi connectivity index (χ3v) is 3.44. The van der Waals surface area contributed by atoms with Crippen LogP contribution in [0.4, 0.5) is 0 Å². The molecule has 0 saturated carbocycles. The number of hydrogen-bond acceptors (Lipinski definition) is 3. The number of amides is 1. The van der Waals surface area contributed by atoms with Gasteiger partial charge in [-0.2, -0.15) is 0 Å². The summed E-state index contributed by atoms with van der Waals surface area (Å²) in [6.45, 7) is 4.79. The van der Waals surface area contributed by atoms with Gasteiger partial charge >= 0.3 is 0 Å². The molecule has 1 N–H and O–H groups in total. The fourth-order valence-corrected chi connectivity index (χ4v) is 2.05. The van der Waals surface area contributed by atoms with E-state index in [2.05, 4.69) is 17.2 Å². The van der Waals surface area contributed by atoms with Crippen LogP contribution in [0.3, 0.4) is 0 Å². The Kier molecular flexibility index (Phi) is 5.95. The van der Waals surface area contributed by atoms with E-state index in [0.717, 1.165) is 24.2 Å². The van der Waals surface area contributed by atoms with Crippen LogP contribution in [0.15, 0.2) is 48.8 Å². The molecule has 22 heavy (non-hydrogen) atoms. The van der Waals surface area contributed by atoms with Gasteiger partial charge in [-0.25, -0.2) is 0 Å². The molecule has 0 saturated heterocycles. The van der Waals surface area contributed by atoms with Gasteiger partial charge in [-0.3, -0.25) is 9.78 Å². The molecule has 0 radical (unpaired) electrons. The molecule has 116 valence electrons. The van der Waals surface area contributed by atoms with Crippen molar-refractivity contribution in [1.29, 1.82) is 0 Å². The van der Waals surface area contributed by atoms with Crippen molar-refractivity contribution in [2.75, 3.05) is 6.61 Å². The van der Waals surface area contributed by atoms with Crippen LogP contribution in [0.2, 0.25) is 0 Å². The van der Waals surface area contributed by atoms with Crippen LogP contribution in [-0.4, -0.2) is 17.5 Å². The minimum absolute atomic E-state index is 0.0593. The Hall–Kier alpha value is -2.36. The lowest BCUT2D eigenvalue weighted by Crippen LogP contribution is -2.26. The number of aromatic nitrogens is 1. The van der Waals surface area contributed by atoms with Gasteiger partial charge in [0.2, 0.25) is 0 Å². The first-order valence-electron chi connectivity index (χ1n) is 7.64. The highest BCUT2D eigenvalue weighted by atomic mass is 16.5. The van der Waals surface area contributed by atoms with Crippen molar-refractivity contribution in [1.82, 2.24) is 10.3 Å². The first-order chi connectivity index (χ1) is 10.7. The van der Waals surface area contributed by atoms with Crippen LogP contribution in [0, 0.1) is 0 Å². The molecule has 0 aliphatic carbocycles. The van der Waals surface area contributed by atoms with Crippen molar-refractivity contribution < 1.29 is 9.53 Å². The zero-order valence-corrected chi connectivity index (χ0v) is 13.1. The second kappa shape index (κ2) is 8.17. The minimum Gasteiger partial charge on any atom is -0.494 e. The topological polar surface area (TPSA) is 51.2 Å². The quantitative estimate of drug-likeness (QED) is 0.792. The van der Waals surface area contributed by atoms with Crippen LogP contribution >= 0.6 is 0 Å². The summed E-state index contributed by atoms with van der Waals surface area (Å²) in [6.07, 6.45) is 5.58. The predicted molar refractivity (Wildman–Crippen MR) is 87.0 cm³/mol. The van der Waals surface area contributed by atoms with E-state index in [9.17, 15) is 4.79 Å². The number of nitrogens with one attached hydrogen (secondary N) is 1. The van der Waals surface area contributed by atoms with Crippen molar-refractivity contribution in [2.45, 2.75) is 32.7 Å². The number of pyridine rings is 1. The summed E-state index contributed by atoms with van der Waals surface area (Å²) < 4.78 is 5.59. The first-order valence-corrected chi connectivity index (χ1v) is 7.64. The van der Waals surface area contributed by atoms with Crippen molar-refractivity contribution in [2.24, 2.45) is 0 Å². The van der Waals surface area contributed by atoms with Gasteiger partial charge in [0, 0.05) is 18.0 Å². The molecule has 0 aliphatic heterocycles. The lowest BCUT2D eigenvalue weighted by atomic mass is 10.1. The van der Waals surface area contributed by atoms with E-state index in [-0.39, 0.29) is 11.9 Å². The maximum atomic E-state index is 12.2. The molecule has 2 aromatic rings. The van der Waals surface area contributed by atoms with E-state index in [1.54, 1.807) is 24.5 Å². The van der Waals surface area contributed by atoms with Crippen LogP contribution < -0.4 is 10.1 Å². The van der Waals surface area contributed by atoms with Crippen LogP contribution in [0.1, 0.15) is 48.7 Å². The molecule has 1 aromatic carbocycles. The van der Waals surface area contributed by atoms with Gasteiger partial charge in [0.1, 0.15) is 5.75 Å². The maximum Gasteiger partial charge on any atom is 0.251 e. The Morgan fingerprint density at radius 2 is 1.86 bits per heavy atom. The molecule has 0 spiro atoms. The number of carbonyl (C=O) groups is 1. The van der Waals surface area contributed by atoms with E-state index in [0.29, 0.717) is 12.2 Å². The molecule has 1 atom stereocenters. The fraction of sp³-hybridized carbons (Fsp3) is 0.333. The zero-order chi connectivity index (χ0) is 15.8. The molecule has 1 heterocycles. The molecule has 2 rings (SSSR count). The van der Waals surface area contributed by atoms with E-state index < -0.39 is 0 Å². The number of ether oxygens (including phenoxy) is 1. The Morgan fingerprint density at radius 3 is 2.50 bits per heavy atom. The number of hydrogen-bond donors (Lipinski definition) is 1. The summed E-state index contributed by atoms with van der Waals surface area (Å²) in [7, 11) is 0. The summed E-state index contributed by atoms with van der Waals surface area (Å²) >= 11 is 0. The fourth-order valence-electron chi connectivity index (χ4n) is 2.05. The monoisotopic (exact) mass is 298 g/mol. The van der Waals surface area contributed by atoms with Gasteiger partial charge in [0.15, 0.2) is 0 Å². The Morgan fingerprint density at radius 1 is 1.18 bits per heavy atom. The molecule has 1 aromatic heterocycles. The second-order valence-electron chi connectivity index (χ2n) is 5.20. The summed E-state index contributed by atoms with van der Waals surface area (Å²) in [4.78, 5) is 16.2. The predicted octanol–water partition coefficient (Wildman–Crippen LogP) is 3.75. The second-order valence-corrected chi connectivity index (χ2v) is 5.20. The van der Waals surface area contributed by atoms with Gasteiger partial charge in [0.05, 0.1) is 12.6 Å². The lowest BCUT2D eigenvalue weighted by molar-refractivity contribution is 0.0940. The number of carbonyl (C=O) groups excluding carboxylic acids is 1. The van der Waals surface area contributed by atoms with Gasteiger partial charge in [-0.15, -0.1) is 0 Å². The average molecular weight is 298 g/mol. The highest BCUT2D eigenvalue weighted by molar-refractivity contribution is 5.94. The third kappa shape index (κ3) is 4.58. The summed E-state index contributed by atoms with van der Waals surface area (Å²) in [5, 5.41) is 2.98. The lowest BCUT2D eigenvalue weighted by Gasteiger charge is -2.14. The third-order valence-electron chi connectivity index (χ3n) is 3.44. The van der Waals surface area contributed by atoms with Crippen molar-refractivity contribution in [3.63, 3.8) is 0 Å². The van der Waals surface area contributed by atoms with Crippen molar-refractivity contribution >= 4 is 5.91 Å². The zero-order valence-electron chi connectivity index (χ0n) is 13.1. The molecular weight excluding hydrogens is 276 g/mol. The van der Waals surface area contributed by atoms with Gasteiger partial charge in [0.25, 0.3) is 5.91 Å². The van der Waals surface area contributed by atoms with Crippen LogP contribution in [0.5, 0.6) is 5.75 Å². The normalized spacial score (nSPS) is 11.7. The number of unbranched alkanes of at least 4 members (excludes halogenated alkanes) is 1. The number of rotatable bonds is 7. The maximum absolute atomic E-state index is 12.2. The van der Waals surface area contributed by atoms with Crippen molar-refractivity contribution in [3.05, 3.63) is 59.9 Å². The molecule has 0 aliphatic rings. The van der Waals surface area contributed by atoms with E-state index >= 15 is 0 Å². The van der Waals surface area contributed by atoms with Crippen molar-refractivity contribution in [3.8, 4) is 5.75 Å². The summed E-state index contributed by atoms with van der Waals surface area (Å²) in [6, 6.07) is 11.0. The molecular formula is C18H22N2O2. The Bertz CT molecular complexity index is 582. The van der Waals surface area contributed by atoms with Crippen LogP contribution in [0.25, 0.3) is 0 Å². The van der Waals surface area contributed by atoms with Gasteiger partial charge in [-0.1, -0.05) is 13.3 Å². The van der Waals surface area contributed by atoms with E-state index in [1.165, 1.54) is 0 Å². The highest BCUT2D eigenvalue weighted by Crippen LogP contribution is 2.15. The highest BCUT2D eigenvalue weighted by Gasteiger charge is 2.11. The van der Waals surface area contributed by atoms with E-state index in [1.807, 2.05) is 31.2 Å². The molecule has 4 heteroatoms. The molecule has 4 nitrogen and oxygen atoms in total. The average Bonchev–Trinajstić information content (AvgIpc) is 2.56. The summed E-state index contributed by atoms with van der Waals surface area (Å²) in [5.74, 6) is 0.705. The minimum atomic E-state index is -0.0931. The Labute approximate surface area is 131 Å². The molecule has 0 fully saturated rings. The van der Waals surface area contributed by atoms with Gasteiger partial charge < -0.3 is 10.1 Å². The standard InChI is InChI=1S/C18H22N2O2/c1-3-4-13-22-17-7-5-16(6-8-17)18(21)20-14(2)15-9-11-19-12-10-15/h5-12,14H,3-4,13H2,1-2H3,(H,20,21)/t14-/m0/s1. The largest absolute Gasteiger partial charge is 0.494 e. The SMILES string of the molecule is CCCCOc1ccc(C(=O)N[C@@H](C)c2ccncc2)cc1. The summed E-state index contributed by atoms with van der Waals surface area (Å²) in [5.41, 5.74) is 1.66. The smallest absolute Gasteiger partial charge is 0.251 e. The molecule has 0 unspecified atom stereocenters. The first kappa shape index (κ1) is 16.0. The number of nitrogens with zero attached hydrogens (tertiary/aromatic N) is 1. The van der Waals surface area contributed by atoms with Crippen LogP contribution in [-0.2, 0) is 0 Å². The molecule has 0 bridgehead atoms. The van der Waals surface area contributed by atoms with Gasteiger partial charge in [-0.05, 0) is 55.3 Å². The molecule has 1 amide bonds. The Balaban J connectivity index is 1.92. The van der Waals surface area contributed by atoms with E-state index in [4.69, 9.17) is 4.74 Å².